The second-order valence-corrected chi connectivity index (χ2v) is 9.39. The summed E-state index contributed by atoms with van der Waals surface area (Å²) in [6, 6.07) is 9.49. The van der Waals surface area contributed by atoms with E-state index in [2.05, 4.69) is 37.1 Å². The summed E-state index contributed by atoms with van der Waals surface area (Å²) in [4.78, 5) is 36.0. The smallest absolute Gasteiger partial charge is 0.341 e. The number of esters is 1. The van der Waals surface area contributed by atoms with Crippen molar-refractivity contribution in [2.45, 2.75) is 19.9 Å². The van der Waals surface area contributed by atoms with E-state index in [1.165, 1.54) is 13.3 Å². The summed E-state index contributed by atoms with van der Waals surface area (Å²) < 4.78 is 21.9. The van der Waals surface area contributed by atoms with E-state index in [0.717, 1.165) is 0 Å². The number of nitrogens with one attached hydrogen (secondary N) is 3. The maximum Gasteiger partial charge on any atom is 0.341 e. The standard InChI is InChI=1S/C26H27BrN4O8S/c1-4-37-25(35)22-14(2)29-26(40)30-23(22)16-7-5-6-8-18(16)38-12-20(32)31-28-11-15-9-17(27)24(19(10-15)36-3)39-13-21(33)34/h5-11,23H,4,12-13H2,1-3H3,(H,31,32)(H,33,34)(H2,29,30,40)/t23-/m1/s1. The first kappa shape index (κ1) is 30.4. The quantitative estimate of drug-likeness (QED) is 0.118. The predicted octanol–water partition coefficient (Wildman–Crippen LogP) is 2.81. The molecule has 0 fully saturated rings. The third-order valence-corrected chi connectivity index (χ3v) is 6.16. The summed E-state index contributed by atoms with van der Waals surface area (Å²) in [7, 11) is 1.41. The van der Waals surface area contributed by atoms with Crippen molar-refractivity contribution in [3.63, 3.8) is 0 Å². The number of aliphatic carboxylic acids is 1. The van der Waals surface area contributed by atoms with E-state index in [0.29, 0.717) is 37.7 Å². The number of allylic oxidation sites excluding steroid dienone is 1. The first-order valence-electron chi connectivity index (χ1n) is 11.9. The number of carbonyl (C=O) groups is 3. The van der Waals surface area contributed by atoms with Crippen LogP contribution in [-0.4, -0.2) is 61.2 Å². The van der Waals surface area contributed by atoms with Gasteiger partial charge in [-0.15, -0.1) is 0 Å². The van der Waals surface area contributed by atoms with Gasteiger partial charge in [0.2, 0.25) is 0 Å². The van der Waals surface area contributed by atoms with Crippen molar-refractivity contribution >= 4 is 57.3 Å². The molecule has 4 N–H and O–H groups in total. The molecule has 1 heterocycles. The molecule has 1 aliphatic rings. The Kier molecular flexibility index (Phi) is 10.8. The van der Waals surface area contributed by atoms with Crippen molar-refractivity contribution < 1.29 is 38.4 Å². The number of methoxy groups -OCH3 is 1. The lowest BCUT2D eigenvalue weighted by Crippen LogP contribution is -2.45. The van der Waals surface area contributed by atoms with Crippen molar-refractivity contribution in [1.82, 2.24) is 16.1 Å². The van der Waals surface area contributed by atoms with Crippen LogP contribution in [0.4, 0.5) is 0 Å². The maximum absolute atomic E-state index is 12.7. The lowest BCUT2D eigenvalue weighted by Gasteiger charge is -2.30. The molecule has 0 aromatic heterocycles. The highest BCUT2D eigenvalue weighted by Gasteiger charge is 2.32. The summed E-state index contributed by atoms with van der Waals surface area (Å²) in [6.07, 6.45) is 1.37. The van der Waals surface area contributed by atoms with Gasteiger partial charge in [0.1, 0.15) is 5.75 Å². The van der Waals surface area contributed by atoms with Gasteiger partial charge in [0.25, 0.3) is 5.91 Å². The number of rotatable bonds is 12. The second kappa shape index (κ2) is 14.3. The molecule has 40 heavy (non-hydrogen) atoms. The van der Waals surface area contributed by atoms with Gasteiger partial charge in [0.05, 0.1) is 36.0 Å². The Balaban J connectivity index is 1.69. The minimum atomic E-state index is -1.13. The van der Waals surface area contributed by atoms with Crippen LogP contribution in [0.25, 0.3) is 0 Å². The molecule has 0 radical (unpaired) electrons. The summed E-state index contributed by atoms with van der Waals surface area (Å²) >= 11 is 8.60. The summed E-state index contributed by atoms with van der Waals surface area (Å²) in [5.41, 5.74) is 4.41. The number of thiocarbonyl (C=S) groups is 1. The predicted molar refractivity (Wildman–Crippen MR) is 152 cm³/mol. The van der Waals surface area contributed by atoms with Gasteiger partial charge in [0.15, 0.2) is 29.8 Å². The number of carboxylic acids is 1. The molecule has 14 heteroatoms. The number of halogens is 1. The number of carboxylic acid groups (broad SMARTS) is 1. The number of hydrogen-bond acceptors (Lipinski definition) is 9. The topological polar surface area (TPSA) is 157 Å². The highest BCUT2D eigenvalue weighted by atomic mass is 79.9. The van der Waals surface area contributed by atoms with Gasteiger partial charge in [-0.2, -0.15) is 5.10 Å². The fourth-order valence-corrected chi connectivity index (χ4v) is 4.54. The van der Waals surface area contributed by atoms with E-state index in [9.17, 15) is 14.4 Å². The number of hydrazone groups is 1. The van der Waals surface area contributed by atoms with Gasteiger partial charge in [0, 0.05) is 11.3 Å². The highest BCUT2D eigenvalue weighted by molar-refractivity contribution is 9.10. The van der Waals surface area contributed by atoms with Crippen molar-refractivity contribution in [2.75, 3.05) is 26.9 Å². The van der Waals surface area contributed by atoms with E-state index in [1.807, 2.05) is 0 Å². The van der Waals surface area contributed by atoms with Crippen LogP contribution >= 0.6 is 28.1 Å². The molecule has 0 bridgehead atoms. The summed E-state index contributed by atoms with van der Waals surface area (Å²) in [5.74, 6) is -1.31. The SMILES string of the molecule is CCOC(=O)C1=C(C)NC(=S)N[C@@H]1c1ccccc1OCC(=O)NN=Cc1cc(Br)c(OCC(=O)O)c(OC)c1. The zero-order chi connectivity index (χ0) is 29.2. The Labute approximate surface area is 243 Å². The highest BCUT2D eigenvalue weighted by Crippen LogP contribution is 2.36. The van der Waals surface area contributed by atoms with Crippen molar-refractivity contribution in [1.29, 1.82) is 0 Å². The molecule has 0 saturated heterocycles. The summed E-state index contributed by atoms with van der Waals surface area (Å²) in [5, 5.41) is 19.1. The van der Waals surface area contributed by atoms with Crippen LogP contribution in [0.1, 0.15) is 31.0 Å². The van der Waals surface area contributed by atoms with Crippen LogP contribution in [0.3, 0.4) is 0 Å². The Hall–Kier alpha value is -4.17. The Morgan fingerprint density at radius 3 is 2.62 bits per heavy atom. The van der Waals surface area contributed by atoms with E-state index < -0.39 is 30.5 Å². The average Bonchev–Trinajstić information content (AvgIpc) is 2.90. The normalized spacial score (nSPS) is 14.7. The van der Waals surface area contributed by atoms with Gasteiger partial charge < -0.3 is 34.7 Å². The molecule has 3 rings (SSSR count). The van der Waals surface area contributed by atoms with Gasteiger partial charge in [-0.05, 0) is 65.8 Å². The lowest BCUT2D eigenvalue weighted by atomic mass is 9.95. The second-order valence-electron chi connectivity index (χ2n) is 8.13. The largest absolute Gasteiger partial charge is 0.493 e. The molecule has 0 unspecified atom stereocenters. The van der Waals surface area contributed by atoms with Crippen LogP contribution in [0.5, 0.6) is 17.2 Å². The molecule has 12 nitrogen and oxygen atoms in total. The number of para-hydroxylation sites is 1. The molecule has 0 aliphatic carbocycles. The van der Waals surface area contributed by atoms with Gasteiger partial charge in [-0.25, -0.2) is 15.0 Å². The molecule has 2 aromatic rings. The Bertz CT molecular complexity index is 1360. The van der Waals surface area contributed by atoms with Crippen LogP contribution in [-0.2, 0) is 19.1 Å². The van der Waals surface area contributed by atoms with Crippen molar-refractivity contribution in [3.8, 4) is 17.2 Å². The molecular formula is C26H27BrN4O8S. The zero-order valence-corrected chi connectivity index (χ0v) is 24.2. The van der Waals surface area contributed by atoms with Crippen LogP contribution < -0.4 is 30.3 Å². The fourth-order valence-electron chi connectivity index (χ4n) is 3.70. The molecule has 1 atom stereocenters. The van der Waals surface area contributed by atoms with Gasteiger partial charge in [-0.1, -0.05) is 18.2 Å². The number of carbonyl (C=O) groups excluding carboxylic acids is 2. The number of hydrogen-bond donors (Lipinski definition) is 4. The third-order valence-electron chi connectivity index (χ3n) is 5.35. The molecule has 212 valence electrons. The van der Waals surface area contributed by atoms with Gasteiger partial charge in [-0.3, -0.25) is 4.79 Å². The zero-order valence-electron chi connectivity index (χ0n) is 21.8. The summed E-state index contributed by atoms with van der Waals surface area (Å²) in [6.45, 7) is 2.75. The molecule has 1 amide bonds. The van der Waals surface area contributed by atoms with Crippen LogP contribution in [0.15, 0.2) is 57.2 Å². The lowest BCUT2D eigenvalue weighted by molar-refractivity contribution is -0.140. The van der Waals surface area contributed by atoms with Gasteiger partial charge >= 0.3 is 11.9 Å². The minimum Gasteiger partial charge on any atom is -0.493 e. The number of benzene rings is 2. The van der Waals surface area contributed by atoms with E-state index in [-0.39, 0.29) is 24.7 Å². The first-order valence-corrected chi connectivity index (χ1v) is 13.1. The third kappa shape index (κ3) is 7.93. The maximum atomic E-state index is 12.7. The van der Waals surface area contributed by atoms with Crippen LogP contribution in [0, 0.1) is 0 Å². The molecule has 0 spiro atoms. The monoisotopic (exact) mass is 634 g/mol. The Morgan fingerprint density at radius 1 is 1.18 bits per heavy atom. The van der Waals surface area contributed by atoms with E-state index in [1.54, 1.807) is 50.2 Å². The average molecular weight is 635 g/mol. The first-order chi connectivity index (χ1) is 19.1. The Morgan fingerprint density at radius 2 is 1.93 bits per heavy atom. The molecule has 0 saturated carbocycles. The van der Waals surface area contributed by atoms with Crippen molar-refractivity contribution in [3.05, 3.63) is 63.3 Å². The van der Waals surface area contributed by atoms with Crippen molar-refractivity contribution in [2.24, 2.45) is 5.10 Å². The van der Waals surface area contributed by atoms with E-state index >= 15 is 0 Å². The number of nitrogens with zero attached hydrogens (tertiary/aromatic N) is 1. The molecule has 2 aromatic carbocycles. The molecule has 1 aliphatic heterocycles. The van der Waals surface area contributed by atoms with Crippen LogP contribution in [0.2, 0.25) is 0 Å². The fraction of sp³-hybridized carbons (Fsp3) is 0.269. The molecular weight excluding hydrogens is 608 g/mol. The number of amides is 1. The minimum absolute atomic E-state index is 0.206. The van der Waals surface area contributed by atoms with E-state index in [4.69, 9.17) is 36.3 Å². The number of ether oxygens (including phenoxy) is 4.